The molecule has 0 saturated carbocycles. The zero-order valence-corrected chi connectivity index (χ0v) is 16.2. The van der Waals surface area contributed by atoms with Gasteiger partial charge in [-0.2, -0.15) is 4.31 Å². The van der Waals surface area contributed by atoms with Crippen LogP contribution in [0.4, 0.5) is 0 Å². The first-order valence-electron chi connectivity index (χ1n) is 8.64. The normalized spacial score (nSPS) is 17.8. The first-order chi connectivity index (χ1) is 12.4. The molecule has 0 bridgehead atoms. The number of rotatable bonds is 8. The highest BCUT2D eigenvalue weighted by molar-refractivity contribution is 7.89. The van der Waals surface area contributed by atoms with E-state index < -0.39 is 10.0 Å². The van der Waals surface area contributed by atoms with Crippen LogP contribution in [0.1, 0.15) is 12.0 Å². The lowest BCUT2D eigenvalue weighted by Crippen LogP contribution is -2.47. The monoisotopic (exact) mass is 384 g/mol. The Kier molecular flexibility index (Phi) is 7.54. The number of nitrogens with two attached hydrogens (primary N) is 1. The average molecular weight is 385 g/mol. The molecule has 2 rings (SSSR count). The number of carbonyl (C=O) groups is 1. The van der Waals surface area contributed by atoms with E-state index in [4.69, 9.17) is 10.5 Å². The minimum absolute atomic E-state index is 0.139. The third kappa shape index (κ3) is 5.24. The summed E-state index contributed by atoms with van der Waals surface area (Å²) < 4.78 is 32.6. The summed E-state index contributed by atoms with van der Waals surface area (Å²) in [7, 11) is -0.109. The molecule has 1 amide bonds. The molecule has 1 aliphatic heterocycles. The number of methoxy groups -OCH3 is 1. The Hall–Kier alpha value is -1.52. The van der Waals surface area contributed by atoms with E-state index in [-0.39, 0.29) is 36.4 Å². The lowest BCUT2D eigenvalue weighted by atomic mass is 10.2. The fourth-order valence-electron chi connectivity index (χ4n) is 2.80. The lowest BCUT2D eigenvalue weighted by molar-refractivity contribution is -0.123. The highest BCUT2D eigenvalue weighted by Crippen LogP contribution is 2.21. The van der Waals surface area contributed by atoms with Crippen LogP contribution in [0.3, 0.4) is 0 Å². The summed E-state index contributed by atoms with van der Waals surface area (Å²) >= 11 is 0. The highest BCUT2D eigenvalue weighted by atomic mass is 32.2. The lowest BCUT2D eigenvalue weighted by Gasteiger charge is -2.32. The van der Waals surface area contributed by atoms with Crippen LogP contribution in [0.2, 0.25) is 0 Å². The maximum atomic E-state index is 13.0. The summed E-state index contributed by atoms with van der Waals surface area (Å²) in [6.45, 7) is 2.73. The molecule has 1 fully saturated rings. The summed E-state index contributed by atoms with van der Waals surface area (Å²) in [4.78, 5) is 14.4. The molecular weight excluding hydrogens is 356 g/mol. The summed E-state index contributed by atoms with van der Waals surface area (Å²) in [6, 6.07) is 6.78. The molecule has 26 heavy (non-hydrogen) atoms. The van der Waals surface area contributed by atoms with Crippen molar-refractivity contribution in [2.45, 2.75) is 24.0 Å². The Morgan fingerprint density at radius 3 is 2.54 bits per heavy atom. The van der Waals surface area contributed by atoms with E-state index in [1.807, 2.05) is 7.05 Å². The minimum Gasteiger partial charge on any atom is -0.380 e. The molecule has 1 heterocycles. The van der Waals surface area contributed by atoms with Crippen molar-refractivity contribution in [1.82, 2.24) is 14.5 Å². The van der Waals surface area contributed by atoms with E-state index >= 15 is 0 Å². The molecule has 0 aliphatic carbocycles. The molecule has 0 radical (unpaired) electrons. The van der Waals surface area contributed by atoms with Crippen LogP contribution in [-0.2, 0) is 26.1 Å². The van der Waals surface area contributed by atoms with Gasteiger partial charge >= 0.3 is 0 Å². The zero-order valence-electron chi connectivity index (χ0n) is 15.3. The van der Waals surface area contributed by atoms with Crippen LogP contribution in [-0.4, -0.2) is 76.5 Å². The van der Waals surface area contributed by atoms with Crippen molar-refractivity contribution in [3.05, 3.63) is 29.8 Å². The predicted octanol–water partition coefficient (Wildman–Crippen LogP) is -0.397. The Bertz CT molecular complexity index is 698. The number of nitrogens with one attached hydrogen (secondary N) is 1. The molecule has 3 N–H and O–H groups in total. The molecule has 8 nitrogen and oxygen atoms in total. The van der Waals surface area contributed by atoms with Crippen molar-refractivity contribution in [2.75, 3.05) is 46.9 Å². The van der Waals surface area contributed by atoms with Gasteiger partial charge in [0.2, 0.25) is 15.9 Å². The number of hydrogen-bond acceptors (Lipinski definition) is 6. The second kappa shape index (κ2) is 9.43. The average Bonchev–Trinajstić information content (AvgIpc) is 2.65. The van der Waals surface area contributed by atoms with Gasteiger partial charge in [-0.1, -0.05) is 18.2 Å². The first-order valence-corrected chi connectivity index (χ1v) is 10.1. The Balaban J connectivity index is 2.08. The predicted molar refractivity (Wildman–Crippen MR) is 99.0 cm³/mol. The summed E-state index contributed by atoms with van der Waals surface area (Å²) in [5.41, 5.74) is 6.09. The molecule has 1 aromatic carbocycles. The molecule has 1 saturated heterocycles. The fourth-order valence-corrected chi connectivity index (χ4v) is 4.45. The largest absolute Gasteiger partial charge is 0.380 e. The molecule has 9 heteroatoms. The third-order valence-electron chi connectivity index (χ3n) is 4.54. The van der Waals surface area contributed by atoms with Gasteiger partial charge in [0, 0.05) is 46.4 Å². The molecule has 1 atom stereocenters. The molecular formula is C17H28N4O4S. The van der Waals surface area contributed by atoms with E-state index in [1.165, 1.54) is 11.4 Å². The van der Waals surface area contributed by atoms with Crippen LogP contribution >= 0.6 is 0 Å². The number of carbonyl (C=O) groups excluding carboxylic acids is 1. The minimum atomic E-state index is -3.59. The van der Waals surface area contributed by atoms with Crippen LogP contribution in [0, 0.1) is 0 Å². The molecule has 146 valence electrons. The third-order valence-corrected chi connectivity index (χ3v) is 6.54. The van der Waals surface area contributed by atoms with E-state index in [9.17, 15) is 13.2 Å². The van der Waals surface area contributed by atoms with Gasteiger partial charge in [-0.25, -0.2) is 8.42 Å². The molecule has 1 aliphatic rings. The van der Waals surface area contributed by atoms with E-state index in [0.717, 1.165) is 0 Å². The quantitative estimate of drug-likeness (QED) is 0.632. The van der Waals surface area contributed by atoms with Gasteiger partial charge in [0.15, 0.2) is 0 Å². The first kappa shape index (κ1) is 20.8. The van der Waals surface area contributed by atoms with Gasteiger partial charge in [-0.15, -0.1) is 0 Å². The number of piperazine rings is 1. The number of likely N-dealkylation sites (N-methyl/N-ethyl adjacent to an activating group) is 1. The van der Waals surface area contributed by atoms with Crippen molar-refractivity contribution in [1.29, 1.82) is 0 Å². The standard InChI is InChI=1S/C17H28N4O4S/c1-20-7-9-21(10-8-20)26(23,24)16-6-4-3-5-14(16)13-19-17(22)11-15(12-18)25-2/h3-6,15H,7-13,18H2,1-2H3,(H,19,22). The molecule has 1 unspecified atom stereocenters. The van der Waals surface area contributed by atoms with Crippen molar-refractivity contribution in [3.8, 4) is 0 Å². The second-order valence-electron chi connectivity index (χ2n) is 6.39. The highest BCUT2D eigenvalue weighted by Gasteiger charge is 2.29. The van der Waals surface area contributed by atoms with Gasteiger partial charge in [0.25, 0.3) is 0 Å². The molecule has 0 spiro atoms. The number of nitrogens with zero attached hydrogens (tertiary/aromatic N) is 2. The molecule has 0 aromatic heterocycles. The maximum Gasteiger partial charge on any atom is 0.243 e. The summed E-state index contributed by atoms with van der Waals surface area (Å²) in [5, 5.41) is 2.75. The van der Waals surface area contributed by atoms with Crippen LogP contribution in [0.5, 0.6) is 0 Å². The second-order valence-corrected chi connectivity index (χ2v) is 8.30. The maximum absolute atomic E-state index is 13.0. The Morgan fingerprint density at radius 1 is 1.27 bits per heavy atom. The van der Waals surface area contributed by atoms with Crippen LogP contribution < -0.4 is 11.1 Å². The van der Waals surface area contributed by atoms with Crippen molar-refractivity contribution < 1.29 is 17.9 Å². The van der Waals surface area contributed by atoms with Crippen LogP contribution in [0.15, 0.2) is 29.2 Å². The number of sulfonamides is 1. The van der Waals surface area contributed by atoms with Gasteiger partial charge in [0.1, 0.15) is 0 Å². The number of ether oxygens (including phenoxy) is 1. The van der Waals surface area contributed by atoms with Gasteiger partial charge < -0.3 is 20.7 Å². The van der Waals surface area contributed by atoms with Crippen LogP contribution in [0.25, 0.3) is 0 Å². The van der Waals surface area contributed by atoms with Crippen molar-refractivity contribution >= 4 is 15.9 Å². The van der Waals surface area contributed by atoms with Gasteiger partial charge in [-0.3, -0.25) is 4.79 Å². The van der Waals surface area contributed by atoms with Gasteiger partial charge in [-0.05, 0) is 18.7 Å². The van der Waals surface area contributed by atoms with E-state index in [1.54, 1.807) is 24.3 Å². The Labute approximate surface area is 155 Å². The SMILES string of the molecule is COC(CN)CC(=O)NCc1ccccc1S(=O)(=O)N1CCN(C)CC1. The van der Waals surface area contributed by atoms with Gasteiger partial charge in [0.05, 0.1) is 17.4 Å². The summed E-state index contributed by atoms with van der Waals surface area (Å²) in [5.74, 6) is -0.228. The zero-order chi connectivity index (χ0) is 19.2. The summed E-state index contributed by atoms with van der Waals surface area (Å²) in [6.07, 6.45) is -0.209. The topological polar surface area (TPSA) is 105 Å². The van der Waals surface area contributed by atoms with Crippen molar-refractivity contribution in [3.63, 3.8) is 0 Å². The molecule has 1 aromatic rings. The number of amides is 1. The van der Waals surface area contributed by atoms with E-state index in [2.05, 4.69) is 10.2 Å². The van der Waals surface area contributed by atoms with Crippen molar-refractivity contribution in [2.24, 2.45) is 5.73 Å². The van der Waals surface area contributed by atoms with E-state index in [0.29, 0.717) is 31.7 Å². The number of benzene rings is 1. The number of hydrogen-bond donors (Lipinski definition) is 2. The Morgan fingerprint density at radius 2 is 1.92 bits per heavy atom. The smallest absolute Gasteiger partial charge is 0.243 e. The fraction of sp³-hybridized carbons (Fsp3) is 0.588.